The Labute approximate surface area is 140 Å². The van der Waals surface area contributed by atoms with Crippen LogP contribution in [-0.2, 0) is 9.59 Å². The molecule has 1 aliphatic rings. The lowest BCUT2D eigenvalue weighted by Crippen LogP contribution is -2.41. The van der Waals surface area contributed by atoms with Gasteiger partial charge < -0.3 is 4.57 Å². The Balaban J connectivity index is 0.000000815. The molecule has 0 bridgehead atoms. The fourth-order valence-electron chi connectivity index (χ4n) is 3.23. The van der Waals surface area contributed by atoms with Crippen LogP contribution in [0.4, 0.5) is 0 Å². The van der Waals surface area contributed by atoms with Crippen molar-refractivity contribution < 1.29 is 9.59 Å². The summed E-state index contributed by atoms with van der Waals surface area (Å²) < 4.78 is 1.96. The van der Waals surface area contributed by atoms with Crippen molar-refractivity contribution in [3.8, 4) is 0 Å². The zero-order chi connectivity index (χ0) is 17.3. The normalized spacial score (nSPS) is 17.5. The van der Waals surface area contributed by atoms with Crippen LogP contribution in [0, 0.1) is 6.92 Å². The summed E-state index contributed by atoms with van der Waals surface area (Å²) in [6.45, 7) is 6.05. The topological polar surface area (TPSA) is 64.0 Å². The van der Waals surface area contributed by atoms with Gasteiger partial charge in [-0.3, -0.25) is 14.9 Å². The maximum atomic E-state index is 12.3. The number of benzene rings is 1. The Morgan fingerprint density at radius 3 is 2.71 bits per heavy atom. The number of piperidine rings is 1. The maximum Gasteiger partial charge on any atom is 0.249 e. The summed E-state index contributed by atoms with van der Waals surface area (Å²) in [6.07, 6.45) is 2.60. The second kappa shape index (κ2) is 6.43. The number of fused-ring (bicyclic) bond motifs is 3. The van der Waals surface area contributed by atoms with Gasteiger partial charge in [-0.15, -0.1) is 0 Å². The van der Waals surface area contributed by atoms with Crippen molar-refractivity contribution in [1.82, 2.24) is 14.9 Å². The number of amides is 2. The highest BCUT2D eigenvalue weighted by Gasteiger charge is 2.30. The molecule has 24 heavy (non-hydrogen) atoms. The minimum Gasteiger partial charge on any atom is -0.313 e. The van der Waals surface area contributed by atoms with Crippen LogP contribution in [0.5, 0.6) is 0 Å². The van der Waals surface area contributed by atoms with E-state index >= 15 is 0 Å². The van der Waals surface area contributed by atoms with E-state index in [0.29, 0.717) is 12.8 Å². The number of hydrogen-bond acceptors (Lipinski definition) is 3. The lowest BCUT2D eigenvalue weighted by Gasteiger charge is -2.23. The van der Waals surface area contributed by atoms with Crippen molar-refractivity contribution in [1.29, 1.82) is 0 Å². The molecule has 1 aliphatic heterocycles. The minimum atomic E-state index is -0.393. The molecule has 2 amide bonds. The van der Waals surface area contributed by atoms with Crippen molar-refractivity contribution in [2.24, 2.45) is 0 Å². The number of carbonyl (C=O) groups is 2. The molecule has 1 fully saturated rings. The number of nitrogens with one attached hydrogen (secondary N) is 1. The first-order chi connectivity index (χ1) is 11.6. The van der Waals surface area contributed by atoms with Crippen LogP contribution in [0.3, 0.4) is 0 Å². The molecule has 3 heterocycles. The van der Waals surface area contributed by atoms with E-state index < -0.39 is 6.04 Å². The zero-order valence-electron chi connectivity index (χ0n) is 14.2. The third kappa shape index (κ3) is 2.56. The van der Waals surface area contributed by atoms with Gasteiger partial charge in [-0.2, -0.15) is 0 Å². The molecular formula is C19H21N3O2. The van der Waals surface area contributed by atoms with Gasteiger partial charge >= 0.3 is 0 Å². The van der Waals surface area contributed by atoms with Crippen LogP contribution in [0.25, 0.3) is 21.9 Å². The van der Waals surface area contributed by atoms with E-state index in [1.54, 1.807) is 6.20 Å². The molecule has 2 aromatic heterocycles. The SMILES string of the molecule is CC.Cc1ccc2c(c1)c1cccnc1n2C1CCC(=O)NC1=O. The van der Waals surface area contributed by atoms with Crippen molar-refractivity contribution >= 4 is 33.8 Å². The van der Waals surface area contributed by atoms with Gasteiger partial charge in [-0.25, -0.2) is 4.98 Å². The molecule has 3 aromatic rings. The van der Waals surface area contributed by atoms with Gasteiger partial charge in [0.05, 0.1) is 5.52 Å². The summed E-state index contributed by atoms with van der Waals surface area (Å²) in [6, 6.07) is 9.70. The zero-order valence-corrected chi connectivity index (χ0v) is 14.2. The Bertz CT molecular complexity index is 927. The first-order valence-electron chi connectivity index (χ1n) is 8.34. The van der Waals surface area contributed by atoms with Gasteiger partial charge in [0, 0.05) is 23.4 Å². The molecule has 1 atom stereocenters. The fourth-order valence-corrected chi connectivity index (χ4v) is 3.23. The molecule has 0 saturated carbocycles. The molecule has 5 heteroatoms. The molecule has 1 aromatic carbocycles. The number of aromatic nitrogens is 2. The highest BCUT2D eigenvalue weighted by atomic mass is 16.2. The van der Waals surface area contributed by atoms with E-state index in [1.165, 1.54) is 5.56 Å². The van der Waals surface area contributed by atoms with Crippen molar-refractivity contribution in [2.75, 3.05) is 0 Å². The summed E-state index contributed by atoms with van der Waals surface area (Å²) in [4.78, 5) is 28.2. The Kier molecular flexibility index (Phi) is 4.34. The molecule has 5 nitrogen and oxygen atoms in total. The maximum absolute atomic E-state index is 12.3. The van der Waals surface area contributed by atoms with Gasteiger partial charge in [0.2, 0.25) is 11.8 Å². The Morgan fingerprint density at radius 2 is 1.96 bits per heavy atom. The van der Waals surface area contributed by atoms with E-state index in [4.69, 9.17) is 0 Å². The van der Waals surface area contributed by atoms with Gasteiger partial charge in [0.25, 0.3) is 0 Å². The molecule has 0 radical (unpaired) electrons. The largest absolute Gasteiger partial charge is 0.313 e. The number of imide groups is 1. The number of rotatable bonds is 1. The monoisotopic (exact) mass is 323 g/mol. The summed E-state index contributed by atoms with van der Waals surface area (Å²) >= 11 is 0. The van der Waals surface area contributed by atoms with E-state index in [0.717, 1.165) is 21.9 Å². The van der Waals surface area contributed by atoms with Gasteiger partial charge in [0.15, 0.2) is 0 Å². The smallest absolute Gasteiger partial charge is 0.249 e. The molecule has 0 spiro atoms. The van der Waals surface area contributed by atoms with E-state index in [9.17, 15) is 9.59 Å². The van der Waals surface area contributed by atoms with Crippen LogP contribution in [0.1, 0.15) is 38.3 Å². The van der Waals surface area contributed by atoms with Crippen LogP contribution < -0.4 is 5.32 Å². The van der Waals surface area contributed by atoms with Gasteiger partial charge in [0.1, 0.15) is 11.7 Å². The number of pyridine rings is 1. The second-order valence-electron chi connectivity index (χ2n) is 5.73. The molecule has 1 unspecified atom stereocenters. The van der Waals surface area contributed by atoms with Crippen molar-refractivity contribution in [3.63, 3.8) is 0 Å². The van der Waals surface area contributed by atoms with E-state index in [-0.39, 0.29) is 11.8 Å². The summed E-state index contributed by atoms with van der Waals surface area (Å²) in [7, 11) is 0. The summed E-state index contributed by atoms with van der Waals surface area (Å²) in [5, 5.41) is 4.56. The van der Waals surface area contributed by atoms with Crippen LogP contribution in [0.15, 0.2) is 36.5 Å². The predicted molar refractivity (Wildman–Crippen MR) is 94.7 cm³/mol. The average Bonchev–Trinajstić information content (AvgIpc) is 2.91. The number of aryl methyl sites for hydroxylation is 1. The molecule has 1 saturated heterocycles. The van der Waals surface area contributed by atoms with Crippen LogP contribution >= 0.6 is 0 Å². The highest BCUT2D eigenvalue weighted by Crippen LogP contribution is 2.33. The lowest BCUT2D eigenvalue weighted by molar-refractivity contribution is -0.135. The molecule has 4 rings (SSSR count). The van der Waals surface area contributed by atoms with Gasteiger partial charge in [-0.1, -0.05) is 25.5 Å². The minimum absolute atomic E-state index is 0.203. The van der Waals surface area contributed by atoms with E-state index in [2.05, 4.69) is 16.4 Å². The van der Waals surface area contributed by atoms with Crippen LogP contribution in [-0.4, -0.2) is 21.4 Å². The fraction of sp³-hybridized carbons (Fsp3) is 0.316. The Hall–Kier alpha value is -2.69. The van der Waals surface area contributed by atoms with Gasteiger partial charge in [-0.05, 0) is 37.6 Å². The molecular weight excluding hydrogens is 302 g/mol. The molecule has 0 aliphatic carbocycles. The first-order valence-corrected chi connectivity index (χ1v) is 8.34. The molecule has 124 valence electrons. The standard InChI is InChI=1S/C17H15N3O2.C2H6/c1-10-4-5-13-12(9-10)11-3-2-8-18-16(11)20(13)14-6-7-15(21)19-17(14)22;1-2/h2-5,8-9,14H,6-7H2,1H3,(H,19,21,22);1-2H3. The van der Waals surface area contributed by atoms with Crippen LogP contribution in [0.2, 0.25) is 0 Å². The summed E-state index contributed by atoms with van der Waals surface area (Å²) in [5.41, 5.74) is 2.94. The number of nitrogens with zero attached hydrogens (tertiary/aromatic N) is 2. The Morgan fingerprint density at radius 1 is 1.17 bits per heavy atom. The molecule has 1 N–H and O–H groups in total. The third-order valence-corrected chi connectivity index (χ3v) is 4.24. The van der Waals surface area contributed by atoms with E-state index in [1.807, 2.05) is 49.6 Å². The second-order valence-corrected chi connectivity index (χ2v) is 5.73. The highest BCUT2D eigenvalue weighted by molar-refractivity contribution is 6.09. The quantitative estimate of drug-likeness (QED) is 0.697. The first kappa shape index (κ1) is 16.2. The lowest BCUT2D eigenvalue weighted by atomic mass is 10.1. The number of carbonyl (C=O) groups excluding carboxylic acids is 2. The average molecular weight is 323 g/mol. The summed E-state index contributed by atoms with van der Waals surface area (Å²) in [5.74, 6) is -0.452. The predicted octanol–water partition coefficient (Wildman–Crippen LogP) is 3.50. The third-order valence-electron chi connectivity index (χ3n) is 4.24. The number of hydrogen-bond donors (Lipinski definition) is 1. The van der Waals surface area contributed by atoms with Crippen molar-refractivity contribution in [3.05, 3.63) is 42.1 Å². The van der Waals surface area contributed by atoms with Crippen molar-refractivity contribution in [2.45, 2.75) is 39.7 Å².